The molecule has 0 atom stereocenters. The van der Waals surface area contributed by atoms with Gasteiger partial charge in [-0.2, -0.15) is 0 Å². The molecule has 16 heavy (non-hydrogen) atoms. The molecule has 1 aliphatic carbocycles. The lowest BCUT2D eigenvalue weighted by atomic mass is 9.84. The van der Waals surface area contributed by atoms with Gasteiger partial charge in [-0.05, 0) is 30.4 Å². The van der Waals surface area contributed by atoms with Crippen molar-refractivity contribution in [3.05, 3.63) is 35.4 Å². The second-order valence-electron chi connectivity index (χ2n) is 5.78. The molecule has 1 aliphatic rings. The van der Waals surface area contributed by atoms with E-state index >= 15 is 0 Å². The first-order valence-electron chi connectivity index (χ1n) is 5.94. The lowest BCUT2D eigenvalue weighted by Crippen LogP contribution is -2.25. The van der Waals surface area contributed by atoms with Crippen LogP contribution in [0.25, 0.3) is 0 Å². The number of rotatable bonds is 4. The second-order valence-corrected chi connectivity index (χ2v) is 5.78. The molecule has 0 saturated heterocycles. The highest BCUT2D eigenvalue weighted by Gasteiger charge is 2.38. The Morgan fingerprint density at radius 3 is 2.62 bits per heavy atom. The predicted molar refractivity (Wildman–Crippen MR) is 66.4 cm³/mol. The van der Waals surface area contributed by atoms with Crippen molar-refractivity contribution in [1.29, 1.82) is 0 Å². The first-order valence-corrected chi connectivity index (χ1v) is 5.94. The van der Waals surface area contributed by atoms with Crippen LogP contribution in [-0.2, 0) is 11.8 Å². The second kappa shape index (κ2) is 3.86. The Morgan fingerprint density at radius 1 is 1.38 bits per heavy atom. The Morgan fingerprint density at radius 2 is 2.06 bits per heavy atom. The van der Waals surface area contributed by atoms with Crippen LogP contribution in [0.15, 0.2) is 24.3 Å². The highest BCUT2D eigenvalue weighted by atomic mass is 16.3. The SMILES string of the molecule is CC(C)(CO)c1cccc(CC2(N)CC2)c1. The van der Waals surface area contributed by atoms with Crippen LogP contribution < -0.4 is 5.73 Å². The zero-order chi connectivity index (χ0) is 11.8. The molecule has 0 spiro atoms. The summed E-state index contributed by atoms with van der Waals surface area (Å²) in [6, 6.07) is 8.46. The van der Waals surface area contributed by atoms with E-state index in [2.05, 4.69) is 38.1 Å². The zero-order valence-electron chi connectivity index (χ0n) is 10.2. The number of aliphatic hydroxyl groups is 1. The van der Waals surface area contributed by atoms with Gasteiger partial charge in [0.1, 0.15) is 0 Å². The van der Waals surface area contributed by atoms with Gasteiger partial charge in [0.15, 0.2) is 0 Å². The average molecular weight is 219 g/mol. The van der Waals surface area contributed by atoms with E-state index in [-0.39, 0.29) is 17.6 Å². The minimum atomic E-state index is -0.165. The molecule has 2 rings (SSSR count). The van der Waals surface area contributed by atoms with Crippen molar-refractivity contribution < 1.29 is 5.11 Å². The summed E-state index contributed by atoms with van der Waals surface area (Å²) in [5, 5.41) is 9.36. The number of nitrogens with two attached hydrogens (primary N) is 1. The van der Waals surface area contributed by atoms with E-state index in [0.717, 1.165) is 19.3 Å². The monoisotopic (exact) mass is 219 g/mol. The van der Waals surface area contributed by atoms with Crippen LogP contribution in [0.4, 0.5) is 0 Å². The molecule has 0 amide bonds. The van der Waals surface area contributed by atoms with E-state index in [4.69, 9.17) is 5.73 Å². The zero-order valence-corrected chi connectivity index (χ0v) is 10.2. The summed E-state index contributed by atoms with van der Waals surface area (Å²) in [5.41, 5.74) is 8.50. The molecule has 3 N–H and O–H groups in total. The van der Waals surface area contributed by atoms with Gasteiger partial charge in [-0.25, -0.2) is 0 Å². The Bertz CT molecular complexity index is 380. The van der Waals surface area contributed by atoms with Crippen LogP contribution in [0.3, 0.4) is 0 Å². The number of hydrogen-bond donors (Lipinski definition) is 2. The van der Waals surface area contributed by atoms with E-state index in [9.17, 15) is 5.11 Å². The standard InChI is InChI=1S/C14H21NO/c1-13(2,10-16)12-5-3-4-11(8-12)9-14(15)6-7-14/h3-5,8,16H,6-7,9-10,15H2,1-2H3. The molecule has 0 radical (unpaired) electrons. The number of aliphatic hydroxyl groups excluding tert-OH is 1. The summed E-state index contributed by atoms with van der Waals surface area (Å²) in [4.78, 5) is 0. The predicted octanol–water partition coefficient (Wildman–Crippen LogP) is 1.99. The summed E-state index contributed by atoms with van der Waals surface area (Å²) in [7, 11) is 0. The van der Waals surface area contributed by atoms with Gasteiger partial charge in [0.2, 0.25) is 0 Å². The fourth-order valence-electron chi connectivity index (χ4n) is 1.94. The van der Waals surface area contributed by atoms with Gasteiger partial charge in [-0.3, -0.25) is 0 Å². The van der Waals surface area contributed by atoms with Gasteiger partial charge in [-0.1, -0.05) is 38.1 Å². The van der Waals surface area contributed by atoms with Crippen molar-refractivity contribution in [1.82, 2.24) is 0 Å². The normalized spacial score (nSPS) is 18.5. The van der Waals surface area contributed by atoms with Crippen LogP contribution in [0.5, 0.6) is 0 Å². The van der Waals surface area contributed by atoms with E-state index in [1.807, 2.05) is 0 Å². The molecule has 0 unspecified atom stereocenters. The topological polar surface area (TPSA) is 46.2 Å². The summed E-state index contributed by atoms with van der Waals surface area (Å²) in [6.45, 7) is 4.28. The first-order chi connectivity index (χ1) is 7.45. The maximum absolute atomic E-state index is 9.36. The van der Waals surface area contributed by atoms with Gasteiger partial charge in [-0.15, -0.1) is 0 Å². The fourth-order valence-corrected chi connectivity index (χ4v) is 1.94. The van der Waals surface area contributed by atoms with Crippen molar-refractivity contribution in [3.8, 4) is 0 Å². The third-order valence-electron chi connectivity index (χ3n) is 3.55. The van der Waals surface area contributed by atoms with Crippen LogP contribution in [0.1, 0.15) is 37.8 Å². The van der Waals surface area contributed by atoms with Crippen molar-refractivity contribution in [2.75, 3.05) is 6.61 Å². The van der Waals surface area contributed by atoms with Crippen LogP contribution >= 0.6 is 0 Å². The van der Waals surface area contributed by atoms with E-state index in [0.29, 0.717) is 0 Å². The minimum Gasteiger partial charge on any atom is -0.395 e. The van der Waals surface area contributed by atoms with Crippen molar-refractivity contribution in [3.63, 3.8) is 0 Å². The Kier molecular flexibility index (Phi) is 2.81. The number of benzene rings is 1. The molecule has 1 fully saturated rings. The molecule has 2 nitrogen and oxygen atoms in total. The summed E-state index contributed by atoms with van der Waals surface area (Å²) in [6.07, 6.45) is 3.24. The van der Waals surface area contributed by atoms with E-state index in [1.165, 1.54) is 11.1 Å². The molecule has 0 aromatic heterocycles. The van der Waals surface area contributed by atoms with E-state index in [1.54, 1.807) is 0 Å². The molecule has 88 valence electrons. The van der Waals surface area contributed by atoms with Gasteiger partial charge < -0.3 is 10.8 Å². The minimum absolute atomic E-state index is 0.0575. The molecule has 0 aliphatic heterocycles. The average Bonchev–Trinajstić information content (AvgIpc) is 2.96. The fraction of sp³-hybridized carbons (Fsp3) is 0.571. The van der Waals surface area contributed by atoms with Crippen LogP contribution in [-0.4, -0.2) is 17.3 Å². The highest BCUT2D eigenvalue weighted by molar-refractivity contribution is 5.31. The van der Waals surface area contributed by atoms with Crippen molar-refractivity contribution in [2.45, 2.75) is 44.1 Å². The third-order valence-corrected chi connectivity index (χ3v) is 3.55. The maximum atomic E-state index is 9.36. The molecule has 0 heterocycles. The van der Waals surface area contributed by atoms with Crippen molar-refractivity contribution >= 4 is 0 Å². The molecule has 0 bridgehead atoms. The molecule has 1 saturated carbocycles. The molecule has 1 aromatic carbocycles. The first kappa shape index (κ1) is 11.6. The molecular weight excluding hydrogens is 198 g/mol. The Balaban J connectivity index is 2.19. The lowest BCUT2D eigenvalue weighted by molar-refractivity contribution is 0.218. The Hall–Kier alpha value is -0.860. The van der Waals surface area contributed by atoms with Gasteiger partial charge >= 0.3 is 0 Å². The Labute approximate surface area is 97.5 Å². The van der Waals surface area contributed by atoms with Crippen molar-refractivity contribution in [2.24, 2.45) is 5.73 Å². The highest BCUT2D eigenvalue weighted by Crippen LogP contribution is 2.36. The smallest absolute Gasteiger partial charge is 0.0522 e. The van der Waals surface area contributed by atoms with Gasteiger partial charge in [0, 0.05) is 11.0 Å². The van der Waals surface area contributed by atoms with E-state index < -0.39 is 0 Å². The quantitative estimate of drug-likeness (QED) is 0.813. The third kappa shape index (κ3) is 2.45. The largest absolute Gasteiger partial charge is 0.395 e. The summed E-state index contributed by atoms with van der Waals surface area (Å²) in [5.74, 6) is 0. The lowest BCUT2D eigenvalue weighted by Gasteiger charge is -2.23. The molecule has 2 heteroatoms. The molecular formula is C14H21NO. The number of hydrogen-bond acceptors (Lipinski definition) is 2. The van der Waals surface area contributed by atoms with Gasteiger partial charge in [0.25, 0.3) is 0 Å². The summed E-state index contributed by atoms with van der Waals surface area (Å²) < 4.78 is 0. The van der Waals surface area contributed by atoms with Crippen LogP contribution in [0.2, 0.25) is 0 Å². The van der Waals surface area contributed by atoms with Crippen LogP contribution in [0, 0.1) is 0 Å². The van der Waals surface area contributed by atoms with Gasteiger partial charge in [0.05, 0.1) is 6.61 Å². The summed E-state index contributed by atoms with van der Waals surface area (Å²) >= 11 is 0. The maximum Gasteiger partial charge on any atom is 0.0522 e. The molecule has 1 aromatic rings.